The van der Waals surface area contributed by atoms with Gasteiger partial charge in [-0.1, -0.05) is 35.9 Å². The normalized spacial score (nSPS) is 27.4. The molecule has 17 heavy (non-hydrogen) atoms. The van der Waals surface area contributed by atoms with E-state index in [1.165, 1.54) is 5.56 Å². The first-order chi connectivity index (χ1) is 8.23. The Labute approximate surface area is 107 Å². The lowest BCUT2D eigenvalue weighted by molar-refractivity contribution is 0.0331. The van der Waals surface area contributed by atoms with E-state index in [0.29, 0.717) is 13.0 Å². The second kappa shape index (κ2) is 5.91. The van der Waals surface area contributed by atoms with Crippen molar-refractivity contribution in [1.29, 1.82) is 0 Å². The van der Waals surface area contributed by atoms with Crippen LogP contribution in [0.25, 0.3) is 0 Å². The highest BCUT2D eigenvalue weighted by Crippen LogP contribution is 2.27. The lowest BCUT2D eigenvalue weighted by Crippen LogP contribution is -2.47. The van der Waals surface area contributed by atoms with Gasteiger partial charge in [-0.2, -0.15) is 0 Å². The van der Waals surface area contributed by atoms with E-state index in [1.54, 1.807) is 0 Å². The van der Waals surface area contributed by atoms with Crippen LogP contribution < -0.4 is 0 Å². The molecule has 1 fully saturated rings. The first-order valence-corrected chi connectivity index (χ1v) is 8.78. The summed E-state index contributed by atoms with van der Waals surface area (Å²) in [5.74, 6) is 0. The van der Waals surface area contributed by atoms with Crippen molar-refractivity contribution >= 4 is 20.6 Å². The lowest BCUT2D eigenvalue weighted by Gasteiger charge is -2.39. The first kappa shape index (κ1) is 13.0. The number of hydrogen-bond acceptors (Lipinski definition) is 3. The second-order valence-electron chi connectivity index (χ2n) is 4.44. The Morgan fingerprint density at radius 2 is 2.12 bits per heavy atom. The van der Waals surface area contributed by atoms with Gasteiger partial charge in [0.25, 0.3) is 0 Å². The average molecular weight is 269 g/mol. The largest absolute Gasteiger partial charge is 0.770 e. The van der Waals surface area contributed by atoms with Crippen LogP contribution in [0.3, 0.4) is 0 Å². The fraction of sp³-hybridized carbons (Fsp3) is 0.500. The zero-order valence-electron chi connectivity index (χ0n) is 9.76. The highest BCUT2D eigenvalue weighted by Gasteiger charge is 2.34. The number of benzene rings is 1. The summed E-state index contributed by atoms with van der Waals surface area (Å²) >= 11 is -2.09. The fourth-order valence-corrected chi connectivity index (χ4v) is 5.47. The van der Waals surface area contributed by atoms with Crippen molar-refractivity contribution in [3.05, 3.63) is 35.9 Å². The van der Waals surface area contributed by atoms with E-state index < -0.39 is 25.2 Å². The third-order valence-electron chi connectivity index (χ3n) is 3.26. The maximum Gasteiger partial charge on any atom is 0.111 e. The van der Waals surface area contributed by atoms with Gasteiger partial charge in [-0.05, 0) is 36.4 Å². The Bertz CT molecular complexity index is 377. The highest BCUT2D eigenvalue weighted by atomic mass is 32.2. The average Bonchev–Trinajstić information content (AvgIpc) is 2.38. The van der Waals surface area contributed by atoms with Gasteiger partial charge in [0.1, 0.15) is 4.56 Å². The van der Waals surface area contributed by atoms with Crippen molar-refractivity contribution in [1.82, 2.24) is 0 Å². The minimum atomic E-state index is -2.09. The summed E-state index contributed by atoms with van der Waals surface area (Å²) in [6, 6.07) is 10.9. The topological polar surface area (TPSA) is 49.4 Å². The Balaban J connectivity index is 2.01. The van der Waals surface area contributed by atoms with Gasteiger partial charge in [-0.15, -0.1) is 0 Å². The Kier molecular flexibility index (Phi) is 4.50. The monoisotopic (exact) mass is 269 g/mol. The molecule has 0 bridgehead atoms. The molecule has 1 saturated heterocycles. The lowest BCUT2D eigenvalue weighted by atomic mass is 10.2. The molecule has 1 aliphatic rings. The van der Waals surface area contributed by atoms with Crippen molar-refractivity contribution in [2.75, 3.05) is 6.61 Å². The molecule has 1 aromatic rings. The van der Waals surface area contributed by atoms with Gasteiger partial charge < -0.3 is 9.29 Å². The first-order valence-electron chi connectivity index (χ1n) is 6.00. The van der Waals surface area contributed by atoms with Gasteiger partial charge in [-0.25, -0.2) is 0 Å². The van der Waals surface area contributed by atoms with E-state index >= 15 is 0 Å². The molecule has 0 saturated carbocycles. The van der Waals surface area contributed by atoms with Crippen molar-refractivity contribution in [3.8, 4) is 0 Å². The molecule has 1 aromatic carbocycles. The standard InChI is InChI=1S/C12H18O3SSi/c13-16(14)12(8-4-5-9-15-12)17-10-11-6-2-1-3-7-11/h1-3,6-7H,4-5,8-10,17H2,(H,13,14)/p-1. The Hall–Kier alpha value is -0.493. The zero-order chi connectivity index (χ0) is 12.1. The molecule has 0 amide bonds. The van der Waals surface area contributed by atoms with Crippen LogP contribution in [-0.2, 0) is 21.9 Å². The van der Waals surface area contributed by atoms with E-state index in [2.05, 4.69) is 12.1 Å². The van der Waals surface area contributed by atoms with Crippen molar-refractivity contribution in [2.24, 2.45) is 0 Å². The SMILES string of the molecule is O=S([O-])C1([SiH2]Cc2ccccc2)CCCCO1. The highest BCUT2D eigenvalue weighted by molar-refractivity contribution is 7.82. The van der Waals surface area contributed by atoms with Gasteiger partial charge in [0, 0.05) is 6.61 Å². The maximum atomic E-state index is 11.4. The predicted octanol–water partition coefficient (Wildman–Crippen LogP) is 1.09. The molecule has 1 heterocycles. The van der Waals surface area contributed by atoms with E-state index in [0.717, 1.165) is 18.9 Å². The number of ether oxygens (including phenoxy) is 1. The van der Waals surface area contributed by atoms with Crippen molar-refractivity contribution in [3.63, 3.8) is 0 Å². The van der Waals surface area contributed by atoms with Crippen LogP contribution in [0.15, 0.2) is 30.3 Å². The van der Waals surface area contributed by atoms with Crippen LogP contribution in [-0.4, -0.2) is 29.4 Å². The summed E-state index contributed by atoms with van der Waals surface area (Å²) < 4.78 is 27.6. The molecule has 3 nitrogen and oxygen atoms in total. The molecule has 0 N–H and O–H groups in total. The van der Waals surface area contributed by atoms with Crippen LogP contribution in [0.4, 0.5) is 0 Å². The smallest absolute Gasteiger partial charge is 0.111 e. The zero-order valence-corrected chi connectivity index (χ0v) is 12.0. The molecule has 0 aliphatic carbocycles. The van der Waals surface area contributed by atoms with Gasteiger partial charge in [0.15, 0.2) is 0 Å². The minimum absolute atomic E-state index is 0.593. The molecule has 94 valence electrons. The number of hydrogen-bond donors (Lipinski definition) is 0. The van der Waals surface area contributed by atoms with E-state index in [9.17, 15) is 8.76 Å². The summed E-state index contributed by atoms with van der Waals surface area (Å²) in [7, 11) is -0.822. The minimum Gasteiger partial charge on any atom is -0.770 e. The molecule has 0 aromatic heterocycles. The van der Waals surface area contributed by atoms with E-state index in [4.69, 9.17) is 4.74 Å². The molecule has 5 heteroatoms. The maximum absolute atomic E-state index is 11.4. The van der Waals surface area contributed by atoms with Gasteiger partial charge in [0.05, 0.1) is 9.52 Å². The summed E-state index contributed by atoms with van der Waals surface area (Å²) in [5.41, 5.74) is 1.22. The molecule has 0 radical (unpaired) electrons. The Morgan fingerprint density at radius 3 is 2.71 bits per heavy atom. The van der Waals surface area contributed by atoms with Crippen LogP contribution in [0.1, 0.15) is 24.8 Å². The predicted molar refractivity (Wildman–Crippen MR) is 70.1 cm³/mol. The Morgan fingerprint density at radius 1 is 1.35 bits per heavy atom. The second-order valence-corrected chi connectivity index (χ2v) is 8.30. The quantitative estimate of drug-likeness (QED) is 0.607. The van der Waals surface area contributed by atoms with Crippen LogP contribution in [0.5, 0.6) is 0 Å². The molecule has 1 aliphatic heterocycles. The van der Waals surface area contributed by atoms with Crippen LogP contribution >= 0.6 is 0 Å². The van der Waals surface area contributed by atoms with Crippen LogP contribution in [0, 0.1) is 0 Å². The summed E-state index contributed by atoms with van der Waals surface area (Å²) in [6.07, 6.45) is 2.64. The molecule has 2 atom stereocenters. The third-order valence-corrected chi connectivity index (χ3v) is 7.65. The fourth-order valence-electron chi connectivity index (χ4n) is 2.22. The van der Waals surface area contributed by atoms with E-state index in [1.807, 2.05) is 18.2 Å². The van der Waals surface area contributed by atoms with Crippen LogP contribution in [0.2, 0.25) is 0 Å². The van der Waals surface area contributed by atoms with Crippen molar-refractivity contribution < 1.29 is 13.5 Å². The summed E-state index contributed by atoms with van der Waals surface area (Å²) in [5, 5.41) is 0. The summed E-state index contributed by atoms with van der Waals surface area (Å²) in [4.78, 5) is 0. The molecular formula is C12H17O3SSi-. The number of rotatable bonds is 4. The van der Waals surface area contributed by atoms with Gasteiger partial charge >= 0.3 is 0 Å². The molecule has 0 spiro atoms. The molecular weight excluding hydrogens is 252 g/mol. The molecule has 2 unspecified atom stereocenters. The summed E-state index contributed by atoms with van der Waals surface area (Å²) in [6.45, 7) is 0.593. The van der Waals surface area contributed by atoms with Gasteiger partial charge in [-0.3, -0.25) is 4.21 Å². The van der Waals surface area contributed by atoms with Gasteiger partial charge in [0.2, 0.25) is 0 Å². The third kappa shape index (κ3) is 3.25. The van der Waals surface area contributed by atoms with Crippen molar-refractivity contribution in [2.45, 2.75) is 29.9 Å². The van der Waals surface area contributed by atoms with E-state index in [-0.39, 0.29) is 0 Å². The molecule has 2 rings (SSSR count).